The number of anilines is 1. The molecule has 86 valence electrons. The van der Waals surface area contributed by atoms with Crippen molar-refractivity contribution < 1.29 is 4.79 Å². The maximum atomic E-state index is 11.7. The first-order valence-corrected chi connectivity index (χ1v) is 5.50. The smallest absolute Gasteiger partial charge is 0.230 e. The minimum absolute atomic E-state index is 0.0469. The van der Waals surface area contributed by atoms with Crippen LogP contribution >= 0.6 is 0 Å². The molecule has 0 radical (unpaired) electrons. The van der Waals surface area contributed by atoms with E-state index in [0.29, 0.717) is 6.42 Å². The molecule has 0 bridgehead atoms. The lowest BCUT2D eigenvalue weighted by atomic mass is 10.2. The van der Waals surface area contributed by atoms with Crippen LogP contribution in [0.15, 0.2) is 48.7 Å². The van der Waals surface area contributed by atoms with E-state index in [1.807, 2.05) is 49.4 Å². The molecule has 0 aliphatic rings. The number of rotatable bonds is 3. The highest BCUT2D eigenvalue weighted by molar-refractivity contribution is 5.91. The Kier molecular flexibility index (Phi) is 3.50. The van der Waals surface area contributed by atoms with Crippen molar-refractivity contribution in [2.75, 3.05) is 5.32 Å². The van der Waals surface area contributed by atoms with E-state index in [2.05, 4.69) is 10.3 Å². The van der Waals surface area contributed by atoms with Crippen molar-refractivity contribution in [3.63, 3.8) is 0 Å². The number of hydrogen-bond acceptors (Lipinski definition) is 2. The first kappa shape index (κ1) is 11.3. The van der Waals surface area contributed by atoms with Crippen molar-refractivity contribution in [2.45, 2.75) is 13.3 Å². The van der Waals surface area contributed by atoms with Gasteiger partial charge in [0.15, 0.2) is 0 Å². The number of aryl methyl sites for hydroxylation is 1. The summed E-state index contributed by atoms with van der Waals surface area (Å²) in [7, 11) is 0. The molecule has 0 saturated heterocycles. The fraction of sp³-hybridized carbons (Fsp3) is 0.143. The number of nitrogens with zero attached hydrogens (tertiary/aromatic N) is 1. The third kappa shape index (κ3) is 3.41. The summed E-state index contributed by atoms with van der Waals surface area (Å²) in [6.07, 6.45) is 2.02. The maximum Gasteiger partial charge on any atom is 0.230 e. The predicted octanol–water partition coefficient (Wildman–Crippen LogP) is 2.57. The van der Waals surface area contributed by atoms with E-state index in [-0.39, 0.29) is 5.91 Å². The van der Waals surface area contributed by atoms with E-state index in [9.17, 15) is 4.79 Å². The second-order valence-electron chi connectivity index (χ2n) is 3.92. The molecule has 1 aromatic heterocycles. The predicted molar refractivity (Wildman–Crippen MR) is 67.7 cm³/mol. The van der Waals surface area contributed by atoms with Crippen LogP contribution in [0.2, 0.25) is 0 Å². The Morgan fingerprint density at radius 2 is 2.00 bits per heavy atom. The summed E-state index contributed by atoms with van der Waals surface area (Å²) in [6.45, 7) is 1.99. The van der Waals surface area contributed by atoms with Gasteiger partial charge in [0.25, 0.3) is 0 Å². The van der Waals surface area contributed by atoms with Gasteiger partial charge in [0.05, 0.1) is 6.42 Å². The zero-order valence-electron chi connectivity index (χ0n) is 9.68. The third-order valence-electron chi connectivity index (χ3n) is 2.37. The van der Waals surface area contributed by atoms with Crippen molar-refractivity contribution in [1.82, 2.24) is 4.98 Å². The number of carbonyl (C=O) groups is 1. The normalized spacial score (nSPS) is 9.94. The van der Waals surface area contributed by atoms with Crippen molar-refractivity contribution >= 4 is 11.6 Å². The summed E-state index contributed by atoms with van der Waals surface area (Å²) in [4.78, 5) is 15.9. The minimum Gasteiger partial charge on any atom is -0.326 e. The summed E-state index contributed by atoms with van der Waals surface area (Å²) in [5.74, 6) is -0.0469. The molecule has 0 unspecified atom stereocenters. The number of aromatic nitrogens is 1. The highest BCUT2D eigenvalue weighted by Gasteiger charge is 2.04. The zero-order chi connectivity index (χ0) is 12.1. The van der Waals surface area contributed by atoms with E-state index in [0.717, 1.165) is 16.9 Å². The summed E-state index contributed by atoms with van der Waals surface area (Å²) in [5.41, 5.74) is 2.71. The Labute approximate surface area is 101 Å². The van der Waals surface area contributed by atoms with Gasteiger partial charge in [-0.15, -0.1) is 0 Å². The number of nitrogens with one attached hydrogen (secondary N) is 1. The standard InChI is InChI=1S/C14H14N2O/c1-11-7-8-15-13(9-11)10-14(17)16-12-5-3-2-4-6-12/h2-9H,10H2,1H3,(H,16,17). The summed E-state index contributed by atoms with van der Waals surface area (Å²) >= 11 is 0. The molecule has 3 heteroatoms. The van der Waals surface area contributed by atoms with Gasteiger partial charge in [0.1, 0.15) is 0 Å². The second-order valence-corrected chi connectivity index (χ2v) is 3.92. The first-order valence-electron chi connectivity index (χ1n) is 5.50. The molecule has 0 saturated carbocycles. The van der Waals surface area contributed by atoms with Crippen LogP contribution < -0.4 is 5.32 Å². The van der Waals surface area contributed by atoms with Gasteiger partial charge in [0, 0.05) is 17.6 Å². The van der Waals surface area contributed by atoms with E-state index in [4.69, 9.17) is 0 Å². The molecule has 2 rings (SSSR count). The Bertz CT molecular complexity index is 509. The van der Waals surface area contributed by atoms with E-state index < -0.39 is 0 Å². The average Bonchev–Trinajstić information content (AvgIpc) is 2.30. The van der Waals surface area contributed by atoms with Crippen LogP contribution in [-0.4, -0.2) is 10.9 Å². The zero-order valence-corrected chi connectivity index (χ0v) is 9.68. The highest BCUT2D eigenvalue weighted by Crippen LogP contribution is 2.06. The molecule has 1 amide bonds. The Hall–Kier alpha value is -2.16. The summed E-state index contributed by atoms with van der Waals surface area (Å²) in [6, 6.07) is 13.3. The van der Waals surface area contributed by atoms with Gasteiger partial charge >= 0.3 is 0 Å². The van der Waals surface area contributed by atoms with Gasteiger partial charge in [0.2, 0.25) is 5.91 Å². The molecule has 1 heterocycles. The average molecular weight is 226 g/mol. The van der Waals surface area contributed by atoms with Gasteiger partial charge in [-0.1, -0.05) is 18.2 Å². The minimum atomic E-state index is -0.0469. The van der Waals surface area contributed by atoms with Crippen LogP contribution in [0.1, 0.15) is 11.3 Å². The molecular weight excluding hydrogens is 212 g/mol. The lowest BCUT2D eigenvalue weighted by Crippen LogP contribution is -2.15. The van der Waals surface area contributed by atoms with Crippen LogP contribution in [0, 0.1) is 6.92 Å². The summed E-state index contributed by atoms with van der Waals surface area (Å²) < 4.78 is 0. The van der Waals surface area contributed by atoms with E-state index >= 15 is 0 Å². The molecule has 1 N–H and O–H groups in total. The first-order chi connectivity index (χ1) is 8.24. The monoisotopic (exact) mass is 226 g/mol. The SMILES string of the molecule is Cc1ccnc(CC(=O)Nc2ccccc2)c1. The Morgan fingerprint density at radius 1 is 1.24 bits per heavy atom. The van der Waals surface area contributed by atoms with Crippen LogP contribution in [-0.2, 0) is 11.2 Å². The number of para-hydroxylation sites is 1. The summed E-state index contributed by atoms with van der Waals surface area (Å²) in [5, 5.41) is 2.83. The van der Waals surface area contributed by atoms with Gasteiger partial charge in [-0.25, -0.2) is 0 Å². The quantitative estimate of drug-likeness (QED) is 0.874. The van der Waals surface area contributed by atoms with Gasteiger partial charge in [-0.3, -0.25) is 9.78 Å². The maximum absolute atomic E-state index is 11.7. The number of pyridine rings is 1. The topological polar surface area (TPSA) is 42.0 Å². The molecule has 0 fully saturated rings. The number of amides is 1. The molecule has 2 aromatic rings. The van der Waals surface area contributed by atoms with Gasteiger partial charge in [-0.2, -0.15) is 0 Å². The molecule has 0 aliphatic carbocycles. The lowest BCUT2D eigenvalue weighted by Gasteiger charge is -2.04. The van der Waals surface area contributed by atoms with Crippen LogP contribution in [0.5, 0.6) is 0 Å². The molecule has 17 heavy (non-hydrogen) atoms. The van der Waals surface area contributed by atoms with Gasteiger partial charge in [-0.05, 0) is 36.8 Å². The Balaban J connectivity index is 1.98. The fourth-order valence-electron chi connectivity index (χ4n) is 1.59. The van der Waals surface area contributed by atoms with Crippen molar-refractivity contribution in [1.29, 1.82) is 0 Å². The van der Waals surface area contributed by atoms with E-state index in [1.165, 1.54) is 0 Å². The largest absolute Gasteiger partial charge is 0.326 e. The Morgan fingerprint density at radius 3 is 2.71 bits per heavy atom. The van der Waals surface area contributed by atoms with Crippen molar-refractivity contribution in [3.8, 4) is 0 Å². The number of benzene rings is 1. The number of carbonyl (C=O) groups excluding carboxylic acids is 1. The third-order valence-corrected chi connectivity index (χ3v) is 2.37. The molecule has 0 aliphatic heterocycles. The van der Waals surface area contributed by atoms with E-state index in [1.54, 1.807) is 6.20 Å². The van der Waals surface area contributed by atoms with Crippen LogP contribution in [0.4, 0.5) is 5.69 Å². The second kappa shape index (κ2) is 5.25. The number of hydrogen-bond donors (Lipinski definition) is 1. The molecule has 1 aromatic carbocycles. The van der Waals surface area contributed by atoms with Crippen molar-refractivity contribution in [3.05, 3.63) is 59.9 Å². The molecule has 0 spiro atoms. The van der Waals surface area contributed by atoms with Gasteiger partial charge < -0.3 is 5.32 Å². The van der Waals surface area contributed by atoms with Crippen LogP contribution in [0.3, 0.4) is 0 Å². The molecule has 0 atom stereocenters. The highest BCUT2D eigenvalue weighted by atomic mass is 16.1. The van der Waals surface area contributed by atoms with Crippen LogP contribution in [0.25, 0.3) is 0 Å². The van der Waals surface area contributed by atoms with Crippen molar-refractivity contribution in [2.24, 2.45) is 0 Å². The molecular formula is C14H14N2O. The lowest BCUT2D eigenvalue weighted by molar-refractivity contribution is -0.115. The molecule has 3 nitrogen and oxygen atoms in total. The fourth-order valence-corrected chi connectivity index (χ4v) is 1.59.